The molecular formula is C24H34O6. The van der Waals surface area contributed by atoms with Gasteiger partial charge in [0.15, 0.2) is 0 Å². The topological polar surface area (TPSA) is 55.4 Å². The van der Waals surface area contributed by atoms with E-state index < -0.39 is 0 Å². The maximum atomic E-state index is 5.71. The SMILES string of the molecule is CO[C@@H](C)COCCOc1ccc(-c2ccc(OCCOC[C@H](C)OC)cc2)cc1. The Hall–Kier alpha value is -2.12. The van der Waals surface area contributed by atoms with Crippen molar-refractivity contribution in [2.45, 2.75) is 26.1 Å². The highest BCUT2D eigenvalue weighted by Crippen LogP contribution is 2.24. The fraction of sp³-hybridized carbons (Fsp3) is 0.500. The molecule has 0 N–H and O–H groups in total. The lowest BCUT2D eigenvalue weighted by Crippen LogP contribution is -2.16. The second-order valence-electron chi connectivity index (χ2n) is 6.99. The van der Waals surface area contributed by atoms with Gasteiger partial charge in [-0.05, 0) is 49.2 Å². The monoisotopic (exact) mass is 418 g/mol. The summed E-state index contributed by atoms with van der Waals surface area (Å²) < 4.78 is 32.7. The first-order chi connectivity index (χ1) is 14.6. The number of ether oxygens (including phenoxy) is 6. The summed E-state index contributed by atoms with van der Waals surface area (Å²) in [7, 11) is 3.35. The normalized spacial score (nSPS) is 13.1. The van der Waals surface area contributed by atoms with Crippen molar-refractivity contribution in [1.29, 1.82) is 0 Å². The van der Waals surface area contributed by atoms with Gasteiger partial charge in [-0.15, -0.1) is 0 Å². The van der Waals surface area contributed by atoms with Crippen LogP contribution in [0.1, 0.15) is 13.8 Å². The quantitative estimate of drug-likeness (QED) is 0.404. The van der Waals surface area contributed by atoms with Crippen LogP contribution in [0.15, 0.2) is 48.5 Å². The van der Waals surface area contributed by atoms with Gasteiger partial charge < -0.3 is 28.4 Å². The van der Waals surface area contributed by atoms with Gasteiger partial charge in [0.1, 0.15) is 24.7 Å². The zero-order valence-corrected chi connectivity index (χ0v) is 18.5. The lowest BCUT2D eigenvalue weighted by Gasteiger charge is -2.12. The minimum absolute atomic E-state index is 0.0964. The number of rotatable bonds is 15. The van der Waals surface area contributed by atoms with Gasteiger partial charge in [-0.1, -0.05) is 24.3 Å². The summed E-state index contributed by atoms with van der Waals surface area (Å²) in [6, 6.07) is 16.1. The van der Waals surface area contributed by atoms with E-state index in [-0.39, 0.29) is 12.2 Å². The summed E-state index contributed by atoms with van der Waals surface area (Å²) in [6.07, 6.45) is 0.193. The second kappa shape index (κ2) is 14.0. The molecule has 0 fully saturated rings. The molecule has 0 unspecified atom stereocenters. The van der Waals surface area contributed by atoms with E-state index in [1.807, 2.05) is 62.4 Å². The summed E-state index contributed by atoms with van der Waals surface area (Å²) in [5, 5.41) is 0. The first kappa shape index (κ1) is 24.2. The molecule has 0 saturated heterocycles. The van der Waals surface area contributed by atoms with E-state index in [1.165, 1.54) is 0 Å². The number of hydrogen-bond donors (Lipinski definition) is 0. The van der Waals surface area contributed by atoms with Crippen LogP contribution in [0.3, 0.4) is 0 Å². The third kappa shape index (κ3) is 9.13. The van der Waals surface area contributed by atoms with Gasteiger partial charge in [0.05, 0.1) is 38.6 Å². The van der Waals surface area contributed by atoms with E-state index in [0.29, 0.717) is 39.6 Å². The van der Waals surface area contributed by atoms with E-state index in [0.717, 1.165) is 22.6 Å². The van der Waals surface area contributed by atoms with Crippen molar-refractivity contribution in [2.75, 3.05) is 53.9 Å². The van der Waals surface area contributed by atoms with Crippen LogP contribution >= 0.6 is 0 Å². The Bertz CT molecular complexity index is 624. The average molecular weight is 419 g/mol. The predicted molar refractivity (Wildman–Crippen MR) is 117 cm³/mol. The molecule has 6 heteroatoms. The highest BCUT2D eigenvalue weighted by Gasteiger charge is 2.03. The Labute approximate surface area is 180 Å². The molecule has 166 valence electrons. The average Bonchev–Trinajstić information content (AvgIpc) is 2.79. The second-order valence-corrected chi connectivity index (χ2v) is 6.99. The van der Waals surface area contributed by atoms with Gasteiger partial charge in [-0.25, -0.2) is 0 Å². The van der Waals surface area contributed by atoms with Gasteiger partial charge >= 0.3 is 0 Å². The van der Waals surface area contributed by atoms with E-state index in [2.05, 4.69) is 0 Å². The molecule has 0 aliphatic heterocycles. The fourth-order valence-electron chi connectivity index (χ4n) is 2.56. The van der Waals surface area contributed by atoms with Crippen LogP contribution in [0, 0.1) is 0 Å². The zero-order valence-electron chi connectivity index (χ0n) is 18.5. The minimum atomic E-state index is 0.0964. The van der Waals surface area contributed by atoms with Gasteiger partial charge in [-0.2, -0.15) is 0 Å². The molecule has 2 aromatic carbocycles. The summed E-state index contributed by atoms with van der Waals surface area (Å²) in [5.74, 6) is 1.65. The van der Waals surface area contributed by atoms with Crippen molar-refractivity contribution in [2.24, 2.45) is 0 Å². The molecule has 30 heavy (non-hydrogen) atoms. The van der Waals surface area contributed by atoms with Gasteiger partial charge in [-0.3, -0.25) is 0 Å². The first-order valence-corrected chi connectivity index (χ1v) is 10.3. The summed E-state index contributed by atoms with van der Waals surface area (Å²) in [5.41, 5.74) is 2.24. The molecule has 0 bridgehead atoms. The molecule has 2 aromatic rings. The van der Waals surface area contributed by atoms with Crippen molar-refractivity contribution in [3.8, 4) is 22.6 Å². The number of hydrogen-bond acceptors (Lipinski definition) is 6. The molecule has 0 radical (unpaired) electrons. The molecule has 0 aliphatic carbocycles. The molecule has 0 spiro atoms. The Morgan fingerprint density at radius 2 is 0.933 bits per heavy atom. The van der Waals surface area contributed by atoms with Crippen LogP contribution in [0.5, 0.6) is 11.5 Å². The smallest absolute Gasteiger partial charge is 0.119 e. The first-order valence-electron chi connectivity index (χ1n) is 10.3. The molecule has 0 aliphatic rings. The van der Waals surface area contributed by atoms with Gasteiger partial charge in [0.2, 0.25) is 0 Å². The van der Waals surface area contributed by atoms with Gasteiger partial charge in [0, 0.05) is 14.2 Å². The van der Waals surface area contributed by atoms with Crippen LogP contribution < -0.4 is 9.47 Å². The molecular weight excluding hydrogens is 384 g/mol. The van der Waals surface area contributed by atoms with E-state index in [1.54, 1.807) is 14.2 Å². The highest BCUT2D eigenvalue weighted by molar-refractivity contribution is 5.64. The lowest BCUT2D eigenvalue weighted by molar-refractivity contribution is 0.00956. The highest BCUT2D eigenvalue weighted by atomic mass is 16.6. The summed E-state index contributed by atoms with van der Waals surface area (Å²) in [6.45, 7) is 7.17. The summed E-state index contributed by atoms with van der Waals surface area (Å²) >= 11 is 0. The van der Waals surface area contributed by atoms with E-state index >= 15 is 0 Å². The maximum absolute atomic E-state index is 5.71. The largest absolute Gasteiger partial charge is 0.491 e. The molecule has 0 amide bonds. The van der Waals surface area contributed by atoms with Crippen LogP contribution in [-0.2, 0) is 18.9 Å². The van der Waals surface area contributed by atoms with Crippen LogP contribution in [0.25, 0.3) is 11.1 Å². The summed E-state index contributed by atoms with van der Waals surface area (Å²) in [4.78, 5) is 0. The Kier molecular flexibility index (Phi) is 11.3. The zero-order chi connectivity index (χ0) is 21.6. The molecule has 6 nitrogen and oxygen atoms in total. The Morgan fingerprint density at radius 3 is 1.27 bits per heavy atom. The Morgan fingerprint density at radius 1 is 0.567 bits per heavy atom. The van der Waals surface area contributed by atoms with Crippen LogP contribution in [-0.4, -0.2) is 66.1 Å². The van der Waals surface area contributed by atoms with Crippen molar-refractivity contribution in [1.82, 2.24) is 0 Å². The molecule has 0 saturated carbocycles. The number of benzene rings is 2. The van der Waals surface area contributed by atoms with E-state index in [4.69, 9.17) is 28.4 Å². The van der Waals surface area contributed by atoms with Gasteiger partial charge in [0.25, 0.3) is 0 Å². The molecule has 2 rings (SSSR count). The van der Waals surface area contributed by atoms with Crippen LogP contribution in [0.4, 0.5) is 0 Å². The molecule has 0 aromatic heterocycles. The predicted octanol–water partition coefficient (Wildman–Crippen LogP) is 4.21. The van der Waals surface area contributed by atoms with Crippen LogP contribution in [0.2, 0.25) is 0 Å². The molecule has 0 heterocycles. The Balaban J connectivity index is 1.70. The van der Waals surface area contributed by atoms with Crippen molar-refractivity contribution in [3.63, 3.8) is 0 Å². The third-order valence-corrected chi connectivity index (χ3v) is 4.54. The molecule has 2 atom stereocenters. The lowest BCUT2D eigenvalue weighted by atomic mass is 10.1. The van der Waals surface area contributed by atoms with Crippen molar-refractivity contribution in [3.05, 3.63) is 48.5 Å². The van der Waals surface area contributed by atoms with Crippen molar-refractivity contribution >= 4 is 0 Å². The van der Waals surface area contributed by atoms with E-state index in [9.17, 15) is 0 Å². The fourth-order valence-corrected chi connectivity index (χ4v) is 2.56. The number of methoxy groups -OCH3 is 2. The standard InChI is InChI=1S/C24H34O6/c1-19(25-3)17-27-13-15-29-23-9-5-21(6-10-23)22-7-11-24(12-8-22)30-16-14-28-18-20(2)26-4/h5-12,19-20H,13-18H2,1-4H3/t19-,20-/m0/s1. The van der Waals surface area contributed by atoms with Crippen molar-refractivity contribution < 1.29 is 28.4 Å². The maximum Gasteiger partial charge on any atom is 0.119 e. The third-order valence-electron chi connectivity index (χ3n) is 4.54. The minimum Gasteiger partial charge on any atom is -0.491 e.